The molecule has 0 N–H and O–H groups in total. The Morgan fingerprint density at radius 1 is 0.294 bits per heavy atom. The predicted molar refractivity (Wildman–Crippen MR) is 234 cm³/mol. The van der Waals surface area contributed by atoms with Gasteiger partial charge in [0, 0.05) is 0 Å². The number of rotatable bonds is 3. The van der Waals surface area contributed by atoms with Crippen LogP contribution in [0, 0.1) is 34.6 Å². The third kappa shape index (κ3) is 18.2. The van der Waals surface area contributed by atoms with E-state index in [-0.39, 0.29) is 0 Å². The SMILES string of the molecule is CC.CC.CCC.CCC.Cc1ccc(-c2ccccc2)cc1.Cc1ccccc1.Cc1ccccc1-c1ccc(-c2ccccc2C)c(C)c1. The van der Waals surface area contributed by atoms with Crippen LogP contribution in [0.1, 0.15) is 96.0 Å². The van der Waals surface area contributed by atoms with Gasteiger partial charge in [-0.05, 0) is 84.7 Å². The minimum Gasteiger partial charge on any atom is -0.0683 e. The van der Waals surface area contributed by atoms with E-state index in [9.17, 15) is 0 Å². The van der Waals surface area contributed by atoms with Gasteiger partial charge in [0.25, 0.3) is 0 Å². The molecule has 6 aromatic carbocycles. The zero-order valence-corrected chi connectivity index (χ0v) is 34.3. The molecule has 0 bridgehead atoms. The van der Waals surface area contributed by atoms with Crippen LogP contribution in [0.25, 0.3) is 33.4 Å². The quantitative estimate of drug-likeness (QED) is 0.174. The maximum Gasteiger partial charge on any atom is -0.0152 e. The lowest BCUT2D eigenvalue weighted by Crippen LogP contribution is -1.89. The molecule has 0 heterocycles. The Labute approximate surface area is 314 Å². The van der Waals surface area contributed by atoms with Gasteiger partial charge in [0.1, 0.15) is 0 Å². The normalized spacial score (nSPS) is 9.04. The Morgan fingerprint density at radius 3 is 1.04 bits per heavy atom. The third-order valence-corrected chi connectivity index (χ3v) is 7.22. The second-order valence-electron chi connectivity index (χ2n) is 12.0. The monoisotopic (exact) mass is 681 g/mol. The first kappa shape index (κ1) is 46.3. The molecule has 51 heavy (non-hydrogen) atoms. The van der Waals surface area contributed by atoms with Gasteiger partial charge in [0.2, 0.25) is 0 Å². The van der Waals surface area contributed by atoms with Gasteiger partial charge in [-0.3, -0.25) is 0 Å². The average Bonchev–Trinajstić information content (AvgIpc) is 3.16. The van der Waals surface area contributed by atoms with Gasteiger partial charge in [-0.2, -0.15) is 0 Å². The van der Waals surface area contributed by atoms with E-state index in [1.165, 1.54) is 74.0 Å². The molecule has 0 saturated heterocycles. The van der Waals surface area contributed by atoms with E-state index in [1.807, 2.05) is 52.0 Å². The van der Waals surface area contributed by atoms with Gasteiger partial charge in [0.15, 0.2) is 0 Å². The van der Waals surface area contributed by atoms with Crippen molar-refractivity contribution in [1.29, 1.82) is 0 Å². The summed E-state index contributed by atoms with van der Waals surface area (Å²) in [7, 11) is 0. The summed E-state index contributed by atoms with van der Waals surface area (Å²) in [4.78, 5) is 0. The van der Waals surface area contributed by atoms with Crippen molar-refractivity contribution in [2.24, 2.45) is 0 Å². The van der Waals surface area contributed by atoms with E-state index in [4.69, 9.17) is 0 Å². The summed E-state index contributed by atoms with van der Waals surface area (Å²) in [6.07, 6.45) is 2.50. The molecule has 0 amide bonds. The van der Waals surface area contributed by atoms with Crippen LogP contribution in [0.4, 0.5) is 0 Å². The standard InChI is InChI=1S/C21H20.C13H12.C7H8.2C3H8.2C2H6/c1-15-8-4-6-10-19(15)18-12-13-21(17(3)14-18)20-11-7-5-9-16(20)2;1-11-7-9-13(10-8-11)12-5-3-2-4-6-12;1-7-5-3-2-4-6-7;2*1-3-2;2*1-2/h4-14H,1-3H3;2-10H,1H3;2-6H,1H3;2*3H2,1-2H3;2*1-2H3. The highest BCUT2D eigenvalue weighted by Crippen LogP contribution is 2.31. The average molecular weight is 681 g/mol. The molecule has 0 heteroatoms. The predicted octanol–water partition coefficient (Wildman–Crippen LogP) is 16.5. The van der Waals surface area contributed by atoms with Crippen molar-refractivity contribution in [1.82, 2.24) is 0 Å². The van der Waals surface area contributed by atoms with Crippen LogP contribution in [0.2, 0.25) is 0 Å². The molecule has 0 aliphatic carbocycles. The minimum absolute atomic E-state index is 1.25. The molecular weight excluding hydrogens is 613 g/mol. The lowest BCUT2D eigenvalue weighted by Gasteiger charge is -2.12. The first-order valence-corrected chi connectivity index (χ1v) is 19.1. The van der Waals surface area contributed by atoms with E-state index in [0.29, 0.717) is 0 Å². The highest BCUT2D eigenvalue weighted by molar-refractivity contribution is 5.76. The fraction of sp³-hybridized carbons (Fsp3) is 0.294. The van der Waals surface area contributed by atoms with Crippen LogP contribution in [0.3, 0.4) is 0 Å². The van der Waals surface area contributed by atoms with Crippen molar-refractivity contribution in [2.75, 3.05) is 0 Å². The van der Waals surface area contributed by atoms with Crippen molar-refractivity contribution in [2.45, 2.75) is 103 Å². The first-order chi connectivity index (χ1) is 24.7. The van der Waals surface area contributed by atoms with Gasteiger partial charge in [-0.25, -0.2) is 0 Å². The van der Waals surface area contributed by atoms with Crippen LogP contribution in [0.5, 0.6) is 0 Å². The molecule has 0 nitrogen and oxygen atoms in total. The number of aryl methyl sites for hydroxylation is 5. The van der Waals surface area contributed by atoms with Crippen molar-refractivity contribution in [3.63, 3.8) is 0 Å². The summed E-state index contributed by atoms with van der Waals surface area (Å²) in [5.41, 5.74) is 14.4. The Bertz CT molecular complexity index is 1670. The number of hydrogen-bond donors (Lipinski definition) is 0. The third-order valence-electron chi connectivity index (χ3n) is 7.22. The maximum atomic E-state index is 2.30. The van der Waals surface area contributed by atoms with Crippen LogP contribution >= 0.6 is 0 Å². The summed E-state index contributed by atoms with van der Waals surface area (Å²) in [5, 5.41) is 0. The van der Waals surface area contributed by atoms with Crippen molar-refractivity contribution in [3.05, 3.63) is 179 Å². The van der Waals surface area contributed by atoms with Gasteiger partial charge in [0.05, 0.1) is 0 Å². The molecule has 0 fully saturated rings. The Hall–Kier alpha value is -4.68. The van der Waals surface area contributed by atoms with Crippen LogP contribution in [0.15, 0.2) is 152 Å². The smallest absolute Gasteiger partial charge is 0.0152 e. The molecular formula is C51H68. The van der Waals surface area contributed by atoms with Gasteiger partial charge < -0.3 is 0 Å². The summed E-state index contributed by atoms with van der Waals surface area (Å²) in [6.45, 7) is 27.2. The molecule has 0 unspecified atom stereocenters. The molecule has 272 valence electrons. The molecule has 0 radical (unpaired) electrons. The molecule has 0 aliphatic rings. The second-order valence-corrected chi connectivity index (χ2v) is 12.0. The Balaban J connectivity index is 0.000000709. The topological polar surface area (TPSA) is 0 Å². The first-order valence-electron chi connectivity index (χ1n) is 19.1. The molecule has 0 aromatic heterocycles. The van der Waals surface area contributed by atoms with Gasteiger partial charge >= 0.3 is 0 Å². The Morgan fingerprint density at radius 2 is 0.627 bits per heavy atom. The van der Waals surface area contributed by atoms with E-state index in [0.717, 1.165) is 0 Å². The number of hydrogen-bond acceptors (Lipinski definition) is 0. The summed E-state index contributed by atoms with van der Waals surface area (Å²) in [6, 6.07) is 53.2. The summed E-state index contributed by atoms with van der Waals surface area (Å²) >= 11 is 0. The highest BCUT2D eigenvalue weighted by Gasteiger charge is 2.07. The van der Waals surface area contributed by atoms with Crippen molar-refractivity contribution < 1.29 is 0 Å². The minimum atomic E-state index is 1.25. The molecule has 0 spiro atoms. The lowest BCUT2D eigenvalue weighted by atomic mass is 9.92. The zero-order chi connectivity index (χ0) is 38.4. The zero-order valence-electron chi connectivity index (χ0n) is 34.3. The van der Waals surface area contributed by atoms with Crippen molar-refractivity contribution >= 4 is 0 Å². The van der Waals surface area contributed by atoms with Gasteiger partial charge in [-0.1, -0.05) is 231 Å². The van der Waals surface area contributed by atoms with E-state index >= 15 is 0 Å². The molecule has 6 rings (SSSR count). The molecule has 0 atom stereocenters. The van der Waals surface area contributed by atoms with E-state index < -0.39 is 0 Å². The second kappa shape index (κ2) is 29.1. The summed E-state index contributed by atoms with van der Waals surface area (Å²) < 4.78 is 0. The van der Waals surface area contributed by atoms with Crippen LogP contribution in [-0.4, -0.2) is 0 Å². The van der Waals surface area contributed by atoms with E-state index in [2.05, 4.69) is 190 Å². The van der Waals surface area contributed by atoms with Crippen LogP contribution < -0.4 is 0 Å². The highest BCUT2D eigenvalue weighted by atomic mass is 14.1. The van der Waals surface area contributed by atoms with Crippen molar-refractivity contribution in [3.8, 4) is 33.4 Å². The Kier molecular flexibility index (Phi) is 26.4. The molecule has 0 aliphatic heterocycles. The molecule has 6 aromatic rings. The number of benzene rings is 6. The summed E-state index contributed by atoms with van der Waals surface area (Å²) in [5.74, 6) is 0. The molecule has 0 saturated carbocycles. The largest absolute Gasteiger partial charge is 0.0683 e. The fourth-order valence-electron chi connectivity index (χ4n) is 4.82. The fourth-order valence-corrected chi connectivity index (χ4v) is 4.82. The van der Waals surface area contributed by atoms with Gasteiger partial charge in [-0.15, -0.1) is 0 Å². The maximum absolute atomic E-state index is 2.30. The lowest BCUT2D eigenvalue weighted by molar-refractivity contribution is 1.09. The van der Waals surface area contributed by atoms with E-state index in [1.54, 1.807) is 0 Å². The van der Waals surface area contributed by atoms with Crippen LogP contribution in [-0.2, 0) is 0 Å².